The fraction of sp³-hybridized carbons (Fsp3) is 0.667. The Morgan fingerprint density at radius 3 is 2.63 bits per heavy atom. The van der Waals surface area contributed by atoms with Crippen LogP contribution in [0.25, 0.3) is 0 Å². The van der Waals surface area contributed by atoms with E-state index in [1.54, 1.807) is 5.56 Å². The molecule has 1 heteroatoms. The van der Waals surface area contributed by atoms with Crippen LogP contribution in [0.4, 0.5) is 0 Å². The zero-order chi connectivity index (χ0) is 12.7. The van der Waals surface area contributed by atoms with Gasteiger partial charge in [0.05, 0.1) is 0 Å². The maximum absolute atomic E-state index is 4.02. The molecule has 102 valence electrons. The van der Waals surface area contributed by atoms with E-state index in [1.807, 2.05) is 0 Å². The number of nitrogens with one attached hydrogen (secondary N) is 1. The van der Waals surface area contributed by atoms with Gasteiger partial charge in [-0.05, 0) is 62.0 Å². The number of rotatable bonds is 3. The molecule has 3 fully saturated rings. The maximum atomic E-state index is 4.02. The van der Waals surface area contributed by atoms with Gasteiger partial charge >= 0.3 is 0 Å². The molecule has 0 aromatic heterocycles. The van der Waals surface area contributed by atoms with Crippen molar-refractivity contribution in [2.45, 2.75) is 56.4 Å². The second-order valence-electron chi connectivity index (χ2n) is 6.91. The first-order chi connectivity index (χ1) is 9.40. The third-order valence-corrected chi connectivity index (χ3v) is 5.71. The van der Waals surface area contributed by atoms with E-state index in [9.17, 15) is 0 Å². The van der Waals surface area contributed by atoms with Crippen LogP contribution in [0.15, 0.2) is 30.3 Å². The summed E-state index contributed by atoms with van der Waals surface area (Å²) in [5.74, 6) is 2.75. The number of benzene rings is 1. The van der Waals surface area contributed by atoms with E-state index in [2.05, 4.69) is 35.6 Å². The summed E-state index contributed by atoms with van der Waals surface area (Å²) >= 11 is 0. The molecule has 2 aliphatic carbocycles. The normalized spacial score (nSPS) is 38.7. The van der Waals surface area contributed by atoms with Gasteiger partial charge in [0, 0.05) is 5.54 Å². The summed E-state index contributed by atoms with van der Waals surface area (Å²) in [4.78, 5) is 0. The van der Waals surface area contributed by atoms with Gasteiger partial charge in [-0.3, -0.25) is 0 Å². The average Bonchev–Trinajstić information content (AvgIpc) is 3.34. The summed E-state index contributed by atoms with van der Waals surface area (Å²) < 4.78 is 0. The fourth-order valence-electron chi connectivity index (χ4n) is 4.53. The minimum Gasteiger partial charge on any atom is -0.311 e. The number of hydrogen-bond acceptors (Lipinski definition) is 1. The molecule has 2 saturated carbocycles. The maximum Gasteiger partial charge on any atom is 0.0243 e. The lowest BCUT2D eigenvalue weighted by atomic mass is 9.81. The Kier molecular flexibility index (Phi) is 2.91. The fourth-order valence-corrected chi connectivity index (χ4v) is 4.53. The van der Waals surface area contributed by atoms with E-state index in [0.29, 0.717) is 5.54 Å². The highest BCUT2D eigenvalue weighted by molar-refractivity contribution is 5.30. The average molecular weight is 255 g/mol. The lowest BCUT2D eigenvalue weighted by molar-refractivity contribution is 0.230. The van der Waals surface area contributed by atoms with Crippen molar-refractivity contribution < 1.29 is 0 Å². The zero-order valence-corrected chi connectivity index (χ0v) is 11.8. The van der Waals surface area contributed by atoms with Gasteiger partial charge in [0.25, 0.3) is 0 Å². The highest BCUT2D eigenvalue weighted by atomic mass is 15.0. The monoisotopic (exact) mass is 255 g/mol. The Hall–Kier alpha value is -0.820. The molecule has 0 amide bonds. The highest BCUT2D eigenvalue weighted by Gasteiger charge is 2.58. The third kappa shape index (κ3) is 2.12. The van der Waals surface area contributed by atoms with Gasteiger partial charge in [0.15, 0.2) is 0 Å². The van der Waals surface area contributed by atoms with Crippen molar-refractivity contribution in [3.8, 4) is 0 Å². The molecule has 1 aliphatic heterocycles. The van der Waals surface area contributed by atoms with Gasteiger partial charge in [-0.1, -0.05) is 43.2 Å². The molecule has 1 heterocycles. The predicted molar refractivity (Wildman–Crippen MR) is 79.2 cm³/mol. The van der Waals surface area contributed by atoms with Crippen molar-refractivity contribution in [1.82, 2.24) is 5.32 Å². The van der Waals surface area contributed by atoms with E-state index in [4.69, 9.17) is 0 Å². The van der Waals surface area contributed by atoms with Crippen LogP contribution >= 0.6 is 0 Å². The Morgan fingerprint density at radius 2 is 1.84 bits per heavy atom. The molecular weight excluding hydrogens is 230 g/mol. The first-order valence-electron chi connectivity index (χ1n) is 8.20. The van der Waals surface area contributed by atoms with E-state index in [0.717, 1.165) is 17.8 Å². The van der Waals surface area contributed by atoms with Gasteiger partial charge < -0.3 is 5.32 Å². The van der Waals surface area contributed by atoms with Gasteiger partial charge in [0.1, 0.15) is 0 Å². The van der Waals surface area contributed by atoms with E-state index < -0.39 is 0 Å². The van der Waals surface area contributed by atoms with Crippen LogP contribution in [0.3, 0.4) is 0 Å². The zero-order valence-electron chi connectivity index (χ0n) is 11.8. The van der Waals surface area contributed by atoms with Crippen molar-refractivity contribution in [3.63, 3.8) is 0 Å². The summed E-state index contributed by atoms with van der Waals surface area (Å²) in [6, 6.07) is 11.2. The standard InChI is InChI=1S/C18H25N/c1-3-7-14(8-4-1)16-13-17(16)18(15-9-10-15)11-5-2-6-12-19-18/h1,3-4,7-8,15-17,19H,2,5-6,9-13H2. The Bertz CT molecular complexity index is 426. The molecule has 1 saturated heterocycles. The van der Waals surface area contributed by atoms with E-state index in [-0.39, 0.29) is 0 Å². The molecule has 4 rings (SSSR count). The molecule has 1 N–H and O–H groups in total. The van der Waals surface area contributed by atoms with E-state index >= 15 is 0 Å². The van der Waals surface area contributed by atoms with Crippen molar-refractivity contribution in [2.75, 3.05) is 6.54 Å². The molecule has 1 aromatic carbocycles. The number of hydrogen-bond donors (Lipinski definition) is 1. The van der Waals surface area contributed by atoms with Crippen molar-refractivity contribution >= 4 is 0 Å². The summed E-state index contributed by atoms with van der Waals surface area (Å²) in [6.07, 6.45) is 10.1. The highest BCUT2D eigenvalue weighted by Crippen LogP contribution is 2.61. The summed E-state index contributed by atoms with van der Waals surface area (Å²) in [5.41, 5.74) is 2.09. The minimum atomic E-state index is 0.511. The topological polar surface area (TPSA) is 12.0 Å². The first kappa shape index (κ1) is 12.0. The van der Waals surface area contributed by atoms with Crippen molar-refractivity contribution in [3.05, 3.63) is 35.9 Å². The molecule has 3 aliphatic rings. The first-order valence-corrected chi connectivity index (χ1v) is 8.20. The van der Waals surface area contributed by atoms with Crippen LogP contribution in [0.1, 0.15) is 56.4 Å². The third-order valence-electron chi connectivity index (χ3n) is 5.71. The van der Waals surface area contributed by atoms with Crippen LogP contribution in [-0.4, -0.2) is 12.1 Å². The molecule has 19 heavy (non-hydrogen) atoms. The van der Waals surface area contributed by atoms with Crippen LogP contribution in [0.5, 0.6) is 0 Å². The smallest absolute Gasteiger partial charge is 0.0243 e. The second kappa shape index (κ2) is 4.63. The molecule has 0 radical (unpaired) electrons. The minimum absolute atomic E-state index is 0.511. The molecule has 0 bridgehead atoms. The molecule has 3 atom stereocenters. The van der Waals surface area contributed by atoms with Crippen LogP contribution in [0.2, 0.25) is 0 Å². The lowest BCUT2D eigenvalue weighted by Gasteiger charge is -2.35. The van der Waals surface area contributed by atoms with E-state index in [1.165, 1.54) is 51.5 Å². The quantitative estimate of drug-likeness (QED) is 0.857. The van der Waals surface area contributed by atoms with Gasteiger partial charge in [-0.2, -0.15) is 0 Å². The van der Waals surface area contributed by atoms with Crippen LogP contribution in [0, 0.1) is 11.8 Å². The van der Waals surface area contributed by atoms with Crippen LogP contribution in [-0.2, 0) is 0 Å². The Balaban J connectivity index is 1.56. The molecular formula is C18H25N. The Labute approximate surface area is 116 Å². The second-order valence-corrected chi connectivity index (χ2v) is 6.91. The van der Waals surface area contributed by atoms with Crippen LogP contribution < -0.4 is 5.32 Å². The summed E-state index contributed by atoms with van der Waals surface area (Å²) in [5, 5.41) is 4.02. The van der Waals surface area contributed by atoms with Gasteiger partial charge in [-0.15, -0.1) is 0 Å². The summed E-state index contributed by atoms with van der Waals surface area (Å²) in [6.45, 7) is 1.26. The predicted octanol–water partition coefficient (Wildman–Crippen LogP) is 4.10. The van der Waals surface area contributed by atoms with Gasteiger partial charge in [0.2, 0.25) is 0 Å². The molecule has 1 nitrogen and oxygen atoms in total. The molecule has 1 aromatic rings. The summed E-state index contributed by atoms with van der Waals surface area (Å²) in [7, 11) is 0. The SMILES string of the molecule is c1ccc(C2CC2C2(C3CC3)CCCCCN2)cc1. The van der Waals surface area contributed by atoms with Crippen molar-refractivity contribution in [2.24, 2.45) is 11.8 Å². The van der Waals surface area contributed by atoms with Crippen molar-refractivity contribution in [1.29, 1.82) is 0 Å². The molecule has 0 spiro atoms. The largest absolute Gasteiger partial charge is 0.311 e. The molecule has 3 unspecified atom stereocenters. The van der Waals surface area contributed by atoms with Gasteiger partial charge in [-0.25, -0.2) is 0 Å². The lowest BCUT2D eigenvalue weighted by Crippen LogP contribution is -2.49. The Morgan fingerprint density at radius 1 is 1.00 bits per heavy atom.